The van der Waals surface area contributed by atoms with Gasteiger partial charge in [-0.05, 0) is 36.4 Å². The van der Waals surface area contributed by atoms with Crippen LogP contribution >= 0.6 is 43.5 Å². The van der Waals surface area contributed by atoms with Crippen molar-refractivity contribution in [2.45, 2.75) is 0 Å². The van der Waals surface area contributed by atoms with Gasteiger partial charge >= 0.3 is 0 Å². The maximum absolute atomic E-state index is 9.69. The second-order valence-corrected chi connectivity index (χ2v) is 7.76. The molecule has 0 atom stereocenters. The fourth-order valence-corrected chi connectivity index (χ4v) is 3.41. The molecule has 0 aliphatic carbocycles. The first-order valence-corrected chi connectivity index (χ1v) is 9.72. The molecular formula is C20H9Br2ClN4O. The quantitative estimate of drug-likeness (QED) is 0.305. The van der Waals surface area contributed by atoms with Crippen LogP contribution in [0.25, 0.3) is 21.8 Å². The summed E-state index contributed by atoms with van der Waals surface area (Å²) in [7, 11) is 0. The number of hydrogen-bond acceptors (Lipinski definition) is 5. The average molecular weight is 517 g/mol. The molecule has 4 rings (SSSR count). The highest BCUT2D eigenvalue weighted by Gasteiger charge is 2.07. The van der Waals surface area contributed by atoms with Gasteiger partial charge in [-0.1, -0.05) is 43.5 Å². The van der Waals surface area contributed by atoms with Crippen LogP contribution in [0.15, 0.2) is 57.7 Å². The molecule has 0 aliphatic rings. The molecule has 1 N–H and O–H groups in total. The zero-order valence-corrected chi connectivity index (χ0v) is 17.9. The van der Waals surface area contributed by atoms with Crippen molar-refractivity contribution in [2.75, 3.05) is 0 Å². The van der Waals surface area contributed by atoms with Gasteiger partial charge in [0.15, 0.2) is 0 Å². The van der Waals surface area contributed by atoms with Crippen molar-refractivity contribution < 1.29 is 5.11 Å². The fourth-order valence-electron chi connectivity index (χ4n) is 2.44. The molecule has 0 unspecified atom stereocenters. The first-order chi connectivity index (χ1) is 13.4. The average Bonchev–Trinajstić information content (AvgIpc) is 2.70. The highest BCUT2D eigenvalue weighted by molar-refractivity contribution is 9.10. The zero-order chi connectivity index (χ0) is 20.3. The third kappa shape index (κ3) is 4.07. The molecule has 0 saturated heterocycles. The summed E-state index contributed by atoms with van der Waals surface area (Å²) in [6, 6.07) is 14.8. The molecule has 0 bridgehead atoms. The van der Waals surface area contributed by atoms with Gasteiger partial charge in [-0.15, -0.1) is 0 Å². The summed E-state index contributed by atoms with van der Waals surface area (Å²) in [6.07, 6.45) is 2.85. The van der Waals surface area contributed by atoms with E-state index in [0.29, 0.717) is 21.5 Å². The molecule has 0 amide bonds. The van der Waals surface area contributed by atoms with E-state index in [2.05, 4.69) is 41.8 Å². The minimum atomic E-state index is -0.0150. The molecule has 4 aromatic rings. The molecule has 8 heteroatoms. The number of nitriles is 2. The lowest BCUT2D eigenvalue weighted by molar-refractivity contribution is 0.479. The van der Waals surface area contributed by atoms with Crippen molar-refractivity contribution in [3.8, 4) is 17.9 Å². The molecule has 0 spiro atoms. The van der Waals surface area contributed by atoms with E-state index >= 15 is 0 Å². The Morgan fingerprint density at radius 2 is 1.32 bits per heavy atom. The summed E-state index contributed by atoms with van der Waals surface area (Å²) in [5.74, 6) is -0.0150. The Morgan fingerprint density at radius 3 is 1.89 bits per heavy atom. The molecule has 136 valence electrons. The summed E-state index contributed by atoms with van der Waals surface area (Å²) in [6.45, 7) is 0. The van der Waals surface area contributed by atoms with Gasteiger partial charge in [0.2, 0.25) is 0 Å². The van der Waals surface area contributed by atoms with Crippen molar-refractivity contribution in [1.82, 2.24) is 9.97 Å². The van der Waals surface area contributed by atoms with Gasteiger partial charge in [0.25, 0.3) is 0 Å². The van der Waals surface area contributed by atoms with Crippen molar-refractivity contribution in [3.63, 3.8) is 0 Å². The van der Waals surface area contributed by atoms with E-state index in [4.69, 9.17) is 22.1 Å². The Labute approximate surface area is 182 Å². The zero-order valence-electron chi connectivity index (χ0n) is 14.0. The van der Waals surface area contributed by atoms with Crippen LogP contribution in [-0.4, -0.2) is 15.1 Å². The lowest BCUT2D eigenvalue weighted by Crippen LogP contribution is -1.84. The van der Waals surface area contributed by atoms with Crippen LogP contribution in [0.2, 0.25) is 5.02 Å². The predicted molar refractivity (Wildman–Crippen MR) is 115 cm³/mol. The smallest absolute Gasteiger partial charge is 0.144 e. The van der Waals surface area contributed by atoms with Crippen LogP contribution in [0, 0.1) is 22.7 Å². The predicted octanol–water partition coefficient (Wildman–Crippen LogP) is 6.10. The van der Waals surface area contributed by atoms with Crippen molar-refractivity contribution in [3.05, 3.63) is 73.9 Å². The van der Waals surface area contributed by atoms with E-state index in [9.17, 15) is 5.11 Å². The number of nitrogens with zero attached hydrogens (tertiary/aromatic N) is 4. The monoisotopic (exact) mass is 514 g/mol. The lowest BCUT2D eigenvalue weighted by atomic mass is 10.1. The van der Waals surface area contributed by atoms with Gasteiger partial charge in [-0.3, -0.25) is 9.97 Å². The molecular weight excluding hydrogens is 508 g/mol. The number of fused-ring (bicyclic) bond motifs is 2. The molecule has 2 heterocycles. The summed E-state index contributed by atoms with van der Waals surface area (Å²) >= 11 is 12.7. The van der Waals surface area contributed by atoms with Gasteiger partial charge in [-0.2, -0.15) is 10.5 Å². The number of benzene rings is 2. The van der Waals surface area contributed by atoms with E-state index in [0.717, 1.165) is 19.8 Å². The molecule has 0 aliphatic heterocycles. The Balaban J connectivity index is 0.000000161. The molecule has 0 saturated carbocycles. The van der Waals surface area contributed by atoms with E-state index in [1.165, 1.54) is 12.4 Å². The molecule has 5 nitrogen and oxygen atoms in total. The van der Waals surface area contributed by atoms with E-state index in [1.54, 1.807) is 12.1 Å². The van der Waals surface area contributed by atoms with Crippen LogP contribution < -0.4 is 0 Å². The van der Waals surface area contributed by atoms with Gasteiger partial charge < -0.3 is 5.11 Å². The Bertz CT molecular complexity index is 1190. The summed E-state index contributed by atoms with van der Waals surface area (Å²) in [5, 5.41) is 29.0. The van der Waals surface area contributed by atoms with Crippen molar-refractivity contribution in [2.24, 2.45) is 0 Å². The van der Waals surface area contributed by atoms with Gasteiger partial charge in [0.1, 0.15) is 23.5 Å². The number of aromatic hydroxyl groups is 1. The standard InChI is InChI=1S/C10H4BrClN2.C10H5BrN2O/c11-7-1-2-9-8(3-7)10(12)6(4-13)5-14-9;11-7-1-2-9-8(3-7)10(14)6(4-12)5-13-9/h1-3,5H;1-3,5H,(H,13,14). The van der Waals surface area contributed by atoms with E-state index in [-0.39, 0.29) is 11.3 Å². The van der Waals surface area contributed by atoms with Gasteiger partial charge in [0, 0.05) is 32.1 Å². The number of aromatic nitrogens is 2. The largest absolute Gasteiger partial charge is 0.506 e. The molecule has 2 aromatic carbocycles. The first kappa shape index (κ1) is 20.0. The highest BCUT2D eigenvalue weighted by atomic mass is 79.9. The van der Waals surface area contributed by atoms with Crippen molar-refractivity contribution in [1.29, 1.82) is 10.5 Å². The van der Waals surface area contributed by atoms with E-state index in [1.807, 2.05) is 36.4 Å². The first-order valence-electron chi connectivity index (χ1n) is 7.75. The molecule has 2 aromatic heterocycles. The molecule has 28 heavy (non-hydrogen) atoms. The van der Waals surface area contributed by atoms with Gasteiger partial charge in [-0.25, -0.2) is 0 Å². The highest BCUT2D eigenvalue weighted by Crippen LogP contribution is 2.29. The third-order valence-electron chi connectivity index (χ3n) is 3.81. The van der Waals surface area contributed by atoms with E-state index < -0.39 is 0 Å². The van der Waals surface area contributed by atoms with Crippen LogP contribution in [0.4, 0.5) is 0 Å². The number of halogens is 3. The van der Waals surface area contributed by atoms with Crippen LogP contribution in [0.3, 0.4) is 0 Å². The number of hydrogen-bond donors (Lipinski definition) is 1. The Hall–Kier alpha value is -2.71. The van der Waals surface area contributed by atoms with Crippen LogP contribution in [0.5, 0.6) is 5.75 Å². The SMILES string of the molecule is N#Cc1cnc2ccc(Br)cc2c1Cl.N#Cc1cnc2ccc(Br)cc2c1O. The maximum Gasteiger partial charge on any atom is 0.144 e. The Morgan fingerprint density at radius 1 is 0.821 bits per heavy atom. The number of rotatable bonds is 0. The minimum Gasteiger partial charge on any atom is -0.506 e. The van der Waals surface area contributed by atoms with Gasteiger partial charge in [0.05, 0.1) is 21.6 Å². The normalized spacial score (nSPS) is 10.0. The second kappa shape index (κ2) is 8.53. The van der Waals surface area contributed by atoms with Crippen molar-refractivity contribution >= 4 is 65.3 Å². The van der Waals surface area contributed by atoms with Crippen LogP contribution in [-0.2, 0) is 0 Å². The summed E-state index contributed by atoms with van der Waals surface area (Å²) in [5.41, 5.74) is 2.05. The molecule has 0 radical (unpaired) electrons. The Kier molecular flexibility index (Phi) is 6.11. The lowest BCUT2D eigenvalue weighted by Gasteiger charge is -2.01. The summed E-state index contributed by atoms with van der Waals surface area (Å²) in [4.78, 5) is 8.18. The molecule has 0 fully saturated rings. The third-order valence-corrected chi connectivity index (χ3v) is 5.20. The minimum absolute atomic E-state index is 0.0150. The topological polar surface area (TPSA) is 93.6 Å². The fraction of sp³-hybridized carbons (Fsp3) is 0. The summed E-state index contributed by atoms with van der Waals surface area (Å²) < 4.78 is 1.76. The maximum atomic E-state index is 9.69. The van der Waals surface area contributed by atoms with Crippen LogP contribution in [0.1, 0.15) is 11.1 Å². The number of pyridine rings is 2. The second-order valence-electron chi connectivity index (χ2n) is 5.55.